The maximum absolute atomic E-state index is 13.1. The van der Waals surface area contributed by atoms with E-state index >= 15 is 0 Å². The van der Waals surface area contributed by atoms with Crippen molar-refractivity contribution in [1.82, 2.24) is 4.90 Å². The molecule has 1 saturated heterocycles. The van der Waals surface area contributed by atoms with E-state index < -0.39 is 5.97 Å². The molecule has 1 aliphatic rings. The standard InChI is InChI=1S/C29H28N2O5S/c1-4-31-27(32)26(37-29(31)30-23-13-9-12-22(18-23)28(33)34-3)17-21-14-15-24(25(16-21)35-5-2)36-19-20-10-7-6-8-11-20/h6-18H,4-5,19H2,1-3H3. The molecule has 7 nitrogen and oxygen atoms in total. The van der Waals surface area contributed by atoms with E-state index in [0.717, 1.165) is 11.1 Å². The molecular formula is C29H28N2O5S. The summed E-state index contributed by atoms with van der Waals surface area (Å²) in [7, 11) is 1.33. The summed E-state index contributed by atoms with van der Waals surface area (Å²) in [4.78, 5) is 31.8. The fourth-order valence-corrected chi connectivity index (χ4v) is 4.75. The average molecular weight is 517 g/mol. The normalized spacial score (nSPS) is 15.3. The lowest BCUT2D eigenvalue weighted by atomic mass is 10.1. The Kier molecular flexibility index (Phi) is 8.64. The Balaban J connectivity index is 1.57. The van der Waals surface area contributed by atoms with Crippen molar-refractivity contribution in [3.8, 4) is 11.5 Å². The number of amidine groups is 1. The van der Waals surface area contributed by atoms with Gasteiger partial charge < -0.3 is 14.2 Å². The second-order valence-corrected chi connectivity index (χ2v) is 9.02. The van der Waals surface area contributed by atoms with Gasteiger partial charge in [0, 0.05) is 6.54 Å². The summed E-state index contributed by atoms with van der Waals surface area (Å²) in [5.41, 5.74) is 2.84. The topological polar surface area (TPSA) is 77.4 Å². The van der Waals surface area contributed by atoms with E-state index in [1.165, 1.54) is 18.9 Å². The van der Waals surface area contributed by atoms with Crippen molar-refractivity contribution in [3.63, 3.8) is 0 Å². The molecular weight excluding hydrogens is 488 g/mol. The van der Waals surface area contributed by atoms with Crippen LogP contribution >= 0.6 is 11.8 Å². The molecule has 0 atom stereocenters. The van der Waals surface area contributed by atoms with E-state index in [1.807, 2.05) is 68.5 Å². The first-order valence-electron chi connectivity index (χ1n) is 11.9. The fraction of sp³-hybridized carbons (Fsp3) is 0.207. The molecule has 3 aromatic rings. The predicted octanol–water partition coefficient (Wildman–Crippen LogP) is 6.07. The molecule has 37 heavy (non-hydrogen) atoms. The van der Waals surface area contributed by atoms with Crippen LogP contribution in [-0.2, 0) is 16.1 Å². The number of methoxy groups -OCH3 is 1. The Morgan fingerprint density at radius 2 is 1.78 bits per heavy atom. The number of amides is 1. The number of carbonyl (C=O) groups excluding carboxylic acids is 2. The van der Waals surface area contributed by atoms with Gasteiger partial charge >= 0.3 is 5.97 Å². The van der Waals surface area contributed by atoms with Crippen LogP contribution in [0.1, 0.15) is 35.3 Å². The molecule has 0 spiro atoms. The second kappa shape index (κ2) is 12.3. The Bertz CT molecular complexity index is 1340. The highest BCUT2D eigenvalue weighted by atomic mass is 32.2. The lowest BCUT2D eigenvalue weighted by Gasteiger charge is -2.13. The van der Waals surface area contributed by atoms with Crippen molar-refractivity contribution in [2.45, 2.75) is 20.5 Å². The van der Waals surface area contributed by atoms with Crippen LogP contribution in [0.4, 0.5) is 5.69 Å². The van der Waals surface area contributed by atoms with Gasteiger partial charge in [-0.15, -0.1) is 0 Å². The zero-order valence-electron chi connectivity index (χ0n) is 21.0. The maximum Gasteiger partial charge on any atom is 0.337 e. The van der Waals surface area contributed by atoms with Gasteiger partial charge in [0.2, 0.25) is 0 Å². The molecule has 8 heteroatoms. The van der Waals surface area contributed by atoms with Crippen LogP contribution in [0.5, 0.6) is 11.5 Å². The monoisotopic (exact) mass is 516 g/mol. The lowest BCUT2D eigenvalue weighted by Crippen LogP contribution is -2.28. The molecule has 0 saturated carbocycles. The maximum atomic E-state index is 13.1. The average Bonchev–Trinajstić information content (AvgIpc) is 3.21. The largest absolute Gasteiger partial charge is 0.490 e. The zero-order valence-corrected chi connectivity index (χ0v) is 21.8. The molecule has 0 bridgehead atoms. The number of nitrogens with zero attached hydrogens (tertiary/aromatic N) is 2. The third kappa shape index (κ3) is 6.40. The number of carbonyl (C=O) groups is 2. The van der Waals surface area contributed by atoms with Crippen molar-refractivity contribution in [2.24, 2.45) is 4.99 Å². The second-order valence-electron chi connectivity index (χ2n) is 8.01. The Morgan fingerprint density at radius 3 is 2.51 bits per heavy atom. The van der Waals surface area contributed by atoms with Gasteiger partial charge in [0.25, 0.3) is 5.91 Å². The summed E-state index contributed by atoms with van der Waals surface area (Å²) < 4.78 is 16.6. The number of likely N-dealkylation sites (N-methyl/N-ethyl adjacent to an activating group) is 1. The highest BCUT2D eigenvalue weighted by Crippen LogP contribution is 2.36. The van der Waals surface area contributed by atoms with Crippen LogP contribution in [0.25, 0.3) is 6.08 Å². The highest BCUT2D eigenvalue weighted by molar-refractivity contribution is 8.18. The molecule has 1 aliphatic heterocycles. The van der Waals surface area contributed by atoms with Gasteiger partial charge in [-0.05, 0) is 73.1 Å². The van der Waals surface area contributed by atoms with Crippen molar-refractivity contribution < 1.29 is 23.8 Å². The van der Waals surface area contributed by atoms with E-state index in [-0.39, 0.29) is 5.91 Å². The molecule has 0 radical (unpaired) electrons. The minimum Gasteiger partial charge on any atom is -0.490 e. The smallest absolute Gasteiger partial charge is 0.337 e. The predicted molar refractivity (Wildman–Crippen MR) is 146 cm³/mol. The third-order valence-electron chi connectivity index (χ3n) is 5.50. The van der Waals surface area contributed by atoms with E-state index in [0.29, 0.717) is 52.6 Å². The quantitative estimate of drug-likeness (QED) is 0.254. The zero-order chi connectivity index (χ0) is 26.2. The minimum atomic E-state index is -0.438. The van der Waals surface area contributed by atoms with Gasteiger partial charge in [0.1, 0.15) is 6.61 Å². The number of thioether (sulfide) groups is 1. The first kappa shape index (κ1) is 26.0. The molecule has 1 amide bonds. The van der Waals surface area contributed by atoms with Crippen LogP contribution in [0, 0.1) is 0 Å². The molecule has 0 unspecified atom stereocenters. The number of rotatable bonds is 9. The Hall–Kier alpha value is -4.04. The molecule has 3 aromatic carbocycles. The number of aliphatic imine (C=N–C) groups is 1. The van der Waals surface area contributed by atoms with Crippen molar-refractivity contribution in [3.05, 3.63) is 94.4 Å². The number of ether oxygens (including phenoxy) is 3. The van der Waals surface area contributed by atoms with Gasteiger partial charge in [-0.25, -0.2) is 9.79 Å². The summed E-state index contributed by atoms with van der Waals surface area (Å²) in [5.74, 6) is 0.689. The third-order valence-corrected chi connectivity index (χ3v) is 6.51. The number of benzene rings is 3. The Labute approximate surface area is 220 Å². The first-order chi connectivity index (χ1) is 18.0. The van der Waals surface area contributed by atoms with Crippen molar-refractivity contribution in [1.29, 1.82) is 0 Å². The van der Waals surface area contributed by atoms with Gasteiger partial charge in [-0.2, -0.15) is 0 Å². The van der Waals surface area contributed by atoms with E-state index in [1.54, 1.807) is 29.2 Å². The summed E-state index contributed by atoms with van der Waals surface area (Å²) in [5, 5.41) is 0.550. The van der Waals surface area contributed by atoms with E-state index in [4.69, 9.17) is 14.2 Å². The van der Waals surface area contributed by atoms with Crippen LogP contribution in [0.3, 0.4) is 0 Å². The van der Waals surface area contributed by atoms with Crippen LogP contribution < -0.4 is 9.47 Å². The van der Waals surface area contributed by atoms with Crippen LogP contribution in [0.15, 0.2) is 82.7 Å². The summed E-state index contributed by atoms with van der Waals surface area (Å²) >= 11 is 1.29. The number of hydrogen-bond donors (Lipinski definition) is 0. The number of hydrogen-bond acceptors (Lipinski definition) is 7. The Morgan fingerprint density at radius 1 is 0.973 bits per heavy atom. The first-order valence-corrected chi connectivity index (χ1v) is 12.8. The van der Waals surface area contributed by atoms with Crippen LogP contribution in [0.2, 0.25) is 0 Å². The van der Waals surface area contributed by atoms with Crippen LogP contribution in [-0.4, -0.2) is 42.2 Å². The van der Waals surface area contributed by atoms with Crippen molar-refractivity contribution in [2.75, 3.05) is 20.3 Å². The molecule has 1 fully saturated rings. The molecule has 0 N–H and O–H groups in total. The highest BCUT2D eigenvalue weighted by Gasteiger charge is 2.32. The van der Waals surface area contributed by atoms with Gasteiger partial charge in [-0.3, -0.25) is 9.69 Å². The summed E-state index contributed by atoms with van der Waals surface area (Å²) in [6.07, 6.45) is 1.83. The molecule has 0 aromatic heterocycles. The minimum absolute atomic E-state index is 0.127. The molecule has 190 valence electrons. The van der Waals surface area contributed by atoms with Crippen molar-refractivity contribution >= 4 is 40.6 Å². The summed E-state index contributed by atoms with van der Waals surface area (Å²) in [6.45, 7) is 5.20. The van der Waals surface area contributed by atoms with Gasteiger partial charge in [-0.1, -0.05) is 42.5 Å². The fourth-order valence-electron chi connectivity index (χ4n) is 3.69. The van der Waals surface area contributed by atoms with E-state index in [2.05, 4.69) is 4.99 Å². The SMILES string of the molecule is CCOc1cc(C=C2SC(=Nc3cccc(C(=O)OC)c3)N(CC)C2=O)ccc1OCc1ccccc1. The van der Waals surface area contributed by atoms with E-state index in [9.17, 15) is 9.59 Å². The van der Waals surface area contributed by atoms with Gasteiger partial charge in [0.15, 0.2) is 16.7 Å². The molecule has 1 heterocycles. The number of esters is 1. The lowest BCUT2D eigenvalue weighted by molar-refractivity contribution is -0.122. The molecule has 4 rings (SSSR count). The summed E-state index contributed by atoms with van der Waals surface area (Å²) in [6, 6.07) is 22.4. The molecule has 0 aliphatic carbocycles. The van der Waals surface area contributed by atoms with Gasteiger partial charge in [0.05, 0.1) is 29.9 Å².